The van der Waals surface area contributed by atoms with Crippen molar-refractivity contribution in [1.82, 2.24) is 4.90 Å². The van der Waals surface area contributed by atoms with Gasteiger partial charge in [0.25, 0.3) is 5.91 Å². The fourth-order valence-corrected chi connectivity index (χ4v) is 3.41. The Bertz CT molecular complexity index is 441. The first-order chi connectivity index (χ1) is 8.08. The van der Waals surface area contributed by atoms with Crippen molar-refractivity contribution in [2.45, 2.75) is 12.2 Å². The highest BCUT2D eigenvalue weighted by Gasteiger charge is 2.23. The van der Waals surface area contributed by atoms with Crippen molar-refractivity contribution in [3.63, 3.8) is 0 Å². The molecule has 1 aliphatic rings. The van der Waals surface area contributed by atoms with Crippen molar-refractivity contribution in [1.29, 1.82) is 0 Å². The minimum absolute atomic E-state index is 0.0310. The van der Waals surface area contributed by atoms with Gasteiger partial charge in [-0.3, -0.25) is 4.79 Å². The fourth-order valence-electron chi connectivity index (χ4n) is 1.83. The second kappa shape index (κ2) is 5.63. The molecule has 2 rings (SSSR count). The Kier molecular flexibility index (Phi) is 4.39. The van der Waals surface area contributed by atoms with Crippen LogP contribution in [0.2, 0.25) is 5.02 Å². The third-order valence-corrected chi connectivity index (χ3v) is 4.65. The lowest BCUT2D eigenvalue weighted by atomic mass is 10.2. The van der Waals surface area contributed by atoms with Crippen molar-refractivity contribution >= 4 is 45.2 Å². The molecule has 0 bridgehead atoms. The molecule has 1 saturated heterocycles. The Morgan fingerprint density at radius 2 is 2.35 bits per heavy atom. The number of benzene rings is 1. The number of thioether (sulfide) groups is 1. The number of nitrogens with zero attached hydrogens (tertiary/aromatic N) is 1. The maximum Gasteiger partial charge on any atom is 0.255 e. The van der Waals surface area contributed by atoms with Crippen molar-refractivity contribution in [3.05, 3.63) is 33.3 Å². The summed E-state index contributed by atoms with van der Waals surface area (Å²) in [6.07, 6.45) is 0. The van der Waals surface area contributed by atoms with E-state index in [1.54, 1.807) is 12.1 Å². The van der Waals surface area contributed by atoms with Gasteiger partial charge in [0.1, 0.15) is 0 Å². The third kappa shape index (κ3) is 3.18. The normalized spacial score (nSPS) is 20.4. The molecule has 1 fully saturated rings. The van der Waals surface area contributed by atoms with Gasteiger partial charge < -0.3 is 4.90 Å². The van der Waals surface area contributed by atoms with Gasteiger partial charge in [0.2, 0.25) is 0 Å². The van der Waals surface area contributed by atoms with E-state index < -0.39 is 0 Å². The topological polar surface area (TPSA) is 20.3 Å². The Balaban J connectivity index is 2.21. The monoisotopic (exact) mass is 333 g/mol. The summed E-state index contributed by atoms with van der Waals surface area (Å²) in [4.78, 5) is 14.2. The van der Waals surface area contributed by atoms with Gasteiger partial charge in [-0.2, -0.15) is 11.8 Å². The molecule has 1 atom stereocenters. The van der Waals surface area contributed by atoms with Gasteiger partial charge in [-0.25, -0.2) is 0 Å². The van der Waals surface area contributed by atoms with E-state index in [1.807, 2.05) is 22.7 Å². The van der Waals surface area contributed by atoms with Crippen LogP contribution in [-0.2, 0) is 0 Å². The average Bonchev–Trinajstić information content (AvgIpc) is 2.31. The van der Waals surface area contributed by atoms with E-state index in [0.717, 1.165) is 23.3 Å². The largest absolute Gasteiger partial charge is 0.337 e. The van der Waals surface area contributed by atoms with Crippen molar-refractivity contribution < 1.29 is 4.79 Å². The van der Waals surface area contributed by atoms with Crippen molar-refractivity contribution in [2.24, 2.45) is 0 Å². The van der Waals surface area contributed by atoms with Crippen molar-refractivity contribution in [2.75, 3.05) is 18.8 Å². The van der Waals surface area contributed by atoms with Crippen LogP contribution in [0.15, 0.2) is 22.7 Å². The van der Waals surface area contributed by atoms with Crippen LogP contribution in [0.1, 0.15) is 17.3 Å². The number of halogens is 2. The van der Waals surface area contributed by atoms with Crippen LogP contribution in [0.25, 0.3) is 0 Å². The van der Waals surface area contributed by atoms with Gasteiger partial charge in [-0.1, -0.05) is 34.5 Å². The lowest BCUT2D eigenvalue weighted by Gasteiger charge is -2.30. The molecule has 1 aliphatic heterocycles. The third-order valence-electron chi connectivity index (χ3n) is 2.69. The zero-order valence-corrected chi connectivity index (χ0v) is 12.6. The second-order valence-electron chi connectivity index (χ2n) is 4.06. The summed E-state index contributed by atoms with van der Waals surface area (Å²) < 4.78 is 0.879. The second-order valence-corrected chi connectivity index (χ2v) is 6.93. The van der Waals surface area contributed by atoms with E-state index >= 15 is 0 Å². The van der Waals surface area contributed by atoms with Crippen LogP contribution < -0.4 is 0 Å². The molecule has 1 unspecified atom stereocenters. The zero-order valence-electron chi connectivity index (χ0n) is 9.45. The lowest BCUT2D eigenvalue weighted by Crippen LogP contribution is -2.41. The molecule has 0 radical (unpaired) electrons. The quantitative estimate of drug-likeness (QED) is 0.781. The summed E-state index contributed by atoms with van der Waals surface area (Å²) in [5.74, 6) is 1.03. The van der Waals surface area contributed by atoms with Gasteiger partial charge in [0, 0.05) is 28.6 Å². The maximum absolute atomic E-state index is 12.3. The van der Waals surface area contributed by atoms with Gasteiger partial charge in [-0.15, -0.1) is 0 Å². The van der Waals surface area contributed by atoms with Crippen LogP contribution in [0.5, 0.6) is 0 Å². The Morgan fingerprint density at radius 3 is 3.06 bits per heavy atom. The average molecular weight is 335 g/mol. The smallest absolute Gasteiger partial charge is 0.255 e. The number of carbonyl (C=O) groups excluding carboxylic acids is 1. The van der Waals surface area contributed by atoms with E-state index in [4.69, 9.17) is 11.6 Å². The maximum atomic E-state index is 12.3. The van der Waals surface area contributed by atoms with E-state index in [0.29, 0.717) is 15.8 Å². The summed E-state index contributed by atoms with van der Waals surface area (Å²) in [6, 6.07) is 5.38. The molecule has 5 heteroatoms. The van der Waals surface area contributed by atoms with Crippen LogP contribution in [0, 0.1) is 0 Å². The first kappa shape index (κ1) is 13.2. The molecule has 1 aromatic carbocycles. The summed E-state index contributed by atoms with van der Waals surface area (Å²) in [7, 11) is 0. The molecule has 2 nitrogen and oxygen atoms in total. The Labute approximate surface area is 119 Å². The minimum Gasteiger partial charge on any atom is -0.337 e. The number of hydrogen-bond donors (Lipinski definition) is 0. The molecule has 0 aromatic heterocycles. The molecule has 92 valence electrons. The molecule has 0 aliphatic carbocycles. The molecule has 1 amide bonds. The summed E-state index contributed by atoms with van der Waals surface area (Å²) >= 11 is 11.3. The molecule has 1 aromatic rings. The number of amides is 1. The summed E-state index contributed by atoms with van der Waals surface area (Å²) in [5.41, 5.74) is 0.583. The number of hydrogen-bond acceptors (Lipinski definition) is 2. The van der Waals surface area contributed by atoms with Gasteiger partial charge in [-0.05, 0) is 18.2 Å². The predicted octanol–water partition coefficient (Wildman–Crippen LogP) is 3.68. The van der Waals surface area contributed by atoms with E-state index in [-0.39, 0.29) is 5.91 Å². The highest BCUT2D eigenvalue weighted by Crippen LogP contribution is 2.25. The fraction of sp³-hybridized carbons (Fsp3) is 0.417. The first-order valence-electron chi connectivity index (χ1n) is 5.44. The van der Waals surface area contributed by atoms with Gasteiger partial charge in [0.05, 0.1) is 10.6 Å². The molecule has 1 heterocycles. The summed E-state index contributed by atoms with van der Waals surface area (Å²) in [5, 5.41) is 1.02. The minimum atomic E-state index is 0.0310. The Morgan fingerprint density at radius 1 is 1.59 bits per heavy atom. The standard InChI is InChI=1S/C12H13BrClNOS/c1-8-7-15(4-5-17-8)12(16)10-6-9(13)2-3-11(10)14/h2-3,6,8H,4-5,7H2,1H3. The molecular formula is C12H13BrClNOS. The Hall–Kier alpha value is -0.190. The predicted molar refractivity (Wildman–Crippen MR) is 77.0 cm³/mol. The van der Waals surface area contributed by atoms with E-state index in [1.165, 1.54) is 0 Å². The zero-order chi connectivity index (χ0) is 12.4. The molecule has 0 spiro atoms. The van der Waals surface area contributed by atoms with Gasteiger partial charge in [0.15, 0.2) is 0 Å². The van der Waals surface area contributed by atoms with Gasteiger partial charge >= 0.3 is 0 Å². The lowest BCUT2D eigenvalue weighted by molar-refractivity contribution is 0.0763. The number of carbonyl (C=O) groups is 1. The van der Waals surface area contributed by atoms with E-state index in [2.05, 4.69) is 22.9 Å². The van der Waals surface area contributed by atoms with Crippen LogP contribution in [0.3, 0.4) is 0 Å². The highest BCUT2D eigenvalue weighted by molar-refractivity contribution is 9.10. The van der Waals surface area contributed by atoms with Crippen LogP contribution >= 0.6 is 39.3 Å². The molecule has 0 saturated carbocycles. The molecule has 17 heavy (non-hydrogen) atoms. The van der Waals surface area contributed by atoms with Crippen molar-refractivity contribution in [3.8, 4) is 0 Å². The highest BCUT2D eigenvalue weighted by atomic mass is 79.9. The number of rotatable bonds is 1. The molecular weight excluding hydrogens is 322 g/mol. The summed E-state index contributed by atoms with van der Waals surface area (Å²) in [6.45, 7) is 3.75. The van der Waals surface area contributed by atoms with Crippen LogP contribution in [-0.4, -0.2) is 34.9 Å². The molecule has 0 N–H and O–H groups in total. The SMILES string of the molecule is CC1CN(C(=O)c2cc(Br)ccc2Cl)CCS1. The first-order valence-corrected chi connectivity index (χ1v) is 7.66. The van der Waals surface area contributed by atoms with Crippen LogP contribution in [0.4, 0.5) is 0 Å². The van der Waals surface area contributed by atoms with E-state index in [9.17, 15) is 4.79 Å².